The van der Waals surface area contributed by atoms with E-state index >= 15 is 0 Å². The van der Waals surface area contributed by atoms with E-state index in [2.05, 4.69) is 13.0 Å². The number of nitrogens with two attached hydrogens (primary N) is 1. The smallest absolute Gasteiger partial charge is 0.332 e. The van der Waals surface area contributed by atoms with E-state index in [0.717, 1.165) is 26.9 Å². The molecule has 32 heavy (non-hydrogen) atoms. The summed E-state index contributed by atoms with van der Waals surface area (Å²) in [7, 11) is 4.40. The van der Waals surface area contributed by atoms with Crippen LogP contribution >= 0.6 is 11.3 Å². The number of thiophene rings is 1. The molecule has 2 N–H and O–H groups in total. The molecule has 3 rings (SSSR count). The minimum Gasteiger partial charge on any atom is -0.497 e. The average Bonchev–Trinajstić information content (AvgIpc) is 3.29. The Morgan fingerprint density at radius 1 is 1.16 bits per heavy atom. The minimum atomic E-state index is -0.675. The van der Waals surface area contributed by atoms with Gasteiger partial charge in [-0.15, -0.1) is 11.3 Å². The van der Waals surface area contributed by atoms with Gasteiger partial charge in [0, 0.05) is 31.6 Å². The zero-order valence-electron chi connectivity index (χ0n) is 18.7. The second-order valence-electron chi connectivity index (χ2n) is 7.77. The van der Waals surface area contributed by atoms with Gasteiger partial charge >= 0.3 is 5.69 Å². The highest BCUT2D eigenvalue weighted by Gasteiger charge is 2.25. The fourth-order valence-corrected chi connectivity index (χ4v) is 4.39. The molecule has 3 aromatic rings. The maximum absolute atomic E-state index is 13.2. The molecule has 0 aliphatic rings. The summed E-state index contributed by atoms with van der Waals surface area (Å²) < 4.78 is 7.26. The fourth-order valence-electron chi connectivity index (χ4n) is 3.57. The standard InChI is InChI=1S/C23H28N4O4S/c1-15(12-18-6-5-11-32-18)27(13-16-7-9-17(31-4)10-8-16)14-19(28)20-21(24)25(2)23(30)26(3)22(20)29/h5-11,15H,12-14,24H2,1-4H3/t15-/m1/s1. The van der Waals surface area contributed by atoms with Crippen LogP contribution in [0.1, 0.15) is 27.7 Å². The van der Waals surface area contributed by atoms with Crippen molar-refractivity contribution in [3.8, 4) is 5.75 Å². The Balaban J connectivity index is 1.91. The molecule has 0 bridgehead atoms. The highest BCUT2D eigenvalue weighted by molar-refractivity contribution is 7.09. The number of hydrogen-bond donors (Lipinski definition) is 1. The van der Waals surface area contributed by atoms with Gasteiger partial charge in [0.25, 0.3) is 5.56 Å². The molecule has 1 atom stereocenters. The van der Waals surface area contributed by atoms with Crippen LogP contribution in [0.25, 0.3) is 0 Å². The Morgan fingerprint density at radius 2 is 1.84 bits per heavy atom. The van der Waals surface area contributed by atoms with Crippen molar-refractivity contribution in [2.24, 2.45) is 14.1 Å². The quantitative estimate of drug-likeness (QED) is 0.495. The Labute approximate surface area is 190 Å². The molecular formula is C23H28N4O4S. The zero-order valence-corrected chi connectivity index (χ0v) is 19.5. The molecule has 0 fully saturated rings. The third-order valence-corrected chi connectivity index (χ3v) is 6.48. The third kappa shape index (κ3) is 5.00. The predicted molar refractivity (Wildman–Crippen MR) is 127 cm³/mol. The molecule has 0 unspecified atom stereocenters. The molecule has 170 valence electrons. The van der Waals surface area contributed by atoms with Crippen LogP contribution in [0.5, 0.6) is 5.75 Å². The number of hydrogen-bond acceptors (Lipinski definition) is 7. The molecule has 2 aromatic heterocycles. The van der Waals surface area contributed by atoms with Crippen LogP contribution in [-0.2, 0) is 27.1 Å². The van der Waals surface area contributed by atoms with Gasteiger partial charge in [0.1, 0.15) is 17.1 Å². The van der Waals surface area contributed by atoms with Crippen molar-refractivity contribution in [3.63, 3.8) is 0 Å². The number of carbonyl (C=O) groups excluding carboxylic acids is 1. The summed E-state index contributed by atoms with van der Waals surface area (Å²) in [5.41, 5.74) is 5.62. The maximum Gasteiger partial charge on any atom is 0.332 e. The van der Waals surface area contributed by atoms with Crippen molar-refractivity contribution in [1.82, 2.24) is 14.0 Å². The lowest BCUT2D eigenvalue weighted by atomic mass is 10.1. The van der Waals surface area contributed by atoms with Crippen molar-refractivity contribution in [1.29, 1.82) is 0 Å². The monoisotopic (exact) mass is 456 g/mol. The van der Waals surface area contributed by atoms with Gasteiger partial charge in [-0.2, -0.15) is 0 Å². The number of carbonyl (C=O) groups is 1. The summed E-state index contributed by atoms with van der Waals surface area (Å²) in [5.74, 6) is 0.230. The average molecular weight is 457 g/mol. The number of benzene rings is 1. The van der Waals surface area contributed by atoms with Gasteiger partial charge in [-0.1, -0.05) is 18.2 Å². The van der Waals surface area contributed by atoms with Gasteiger partial charge in [-0.05, 0) is 42.5 Å². The van der Waals surface area contributed by atoms with E-state index in [9.17, 15) is 14.4 Å². The number of nitrogen functional groups attached to an aromatic ring is 1. The van der Waals surface area contributed by atoms with Gasteiger partial charge in [0.05, 0.1) is 13.7 Å². The molecule has 0 aliphatic carbocycles. The second kappa shape index (κ2) is 9.97. The van der Waals surface area contributed by atoms with E-state index < -0.39 is 17.0 Å². The molecule has 2 heterocycles. The summed E-state index contributed by atoms with van der Waals surface area (Å²) in [6, 6.07) is 11.7. The molecule has 0 saturated heterocycles. The van der Waals surface area contributed by atoms with Crippen molar-refractivity contribution in [3.05, 3.63) is 78.6 Å². The Morgan fingerprint density at radius 3 is 2.44 bits per heavy atom. The molecular weight excluding hydrogens is 428 g/mol. The van der Waals surface area contributed by atoms with Crippen molar-refractivity contribution >= 4 is 22.9 Å². The van der Waals surface area contributed by atoms with Crippen LogP contribution in [0.3, 0.4) is 0 Å². The van der Waals surface area contributed by atoms with Gasteiger partial charge in [-0.3, -0.25) is 23.6 Å². The van der Waals surface area contributed by atoms with E-state index in [4.69, 9.17) is 10.5 Å². The summed E-state index contributed by atoms with van der Waals surface area (Å²) in [5, 5.41) is 2.02. The van der Waals surface area contributed by atoms with E-state index in [-0.39, 0.29) is 24.0 Å². The lowest BCUT2D eigenvalue weighted by Crippen LogP contribution is -2.44. The van der Waals surface area contributed by atoms with Gasteiger partial charge in [-0.25, -0.2) is 4.79 Å². The molecule has 0 aliphatic heterocycles. The topological polar surface area (TPSA) is 99.6 Å². The normalized spacial score (nSPS) is 12.2. The molecule has 0 amide bonds. The van der Waals surface area contributed by atoms with E-state index in [1.807, 2.05) is 40.6 Å². The third-order valence-electron chi connectivity index (χ3n) is 5.58. The lowest BCUT2D eigenvalue weighted by Gasteiger charge is -2.28. The van der Waals surface area contributed by atoms with Crippen LogP contribution in [0.4, 0.5) is 5.82 Å². The SMILES string of the molecule is COc1ccc(CN(CC(=O)c2c(N)n(C)c(=O)n(C)c2=O)[C@H](C)Cc2cccs2)cc1. The van der Waals surface area contributed by atoms with Gasteiger partial charge < -0.3 is 10.5 Å². The van der Waals surface area contributed by atoms with Crippen LogP contribution in [0.2, 0.25) is 0 Å². The molecule has 9 heteroatoms. The summed E-state index contributed by atoms with van der Waals surface area (Å²) in [6.45, 7) is 2.56. The Kier molecular flexibility index (Phi) is 7.32. The summed E-state index contributed by atoms with van der Waals surface area (Å²) in [4.78, 5) is 41.2. The van der Waals surface area contributed by atoms with Crippen LogP contribution < -0.4 is 21.7 Å². The number of rotatable bonds is 9. The number of methoxy groups -OCH3 is 1. The van der Waals surface area contributed by atoms with E-state index in [1.54, 1.807) is 18.4 Å². The molecule has 0 spiro atoms. The van der Waals surface area contributed by atoms with Gasteiger partial charge in [0.15, 0.2) is 5.78 Å². The van der Waals surface area contributed by atoms with Crippen molar-refractivity contribution < 1.29 is 9.53 Å². The van der Waals surface area contributed by atoms with Crippen molar-refractivity contribution in [2.45, 2.75) is 25.9 Å². The fraction of sp³-hybridized carbons (Fsp3) is 0.348. The largest absolute Gasteiger partial charge is 0.497 e. The number of ether oxygens (including phenoxy) is 1. The minimum absolute atomic E-state index is 0.00376. The first kappa shape index (κ1) is 23.5. The van der Waals surface area contributed by atoms with Crippen LogP contribution in [-0.4, -0.2) is 39.5 Å². The number of ketones is 1. The number of Topliss-reactive ketones (excluding diaryl/α,β-unsaturated/α-hetero) is 1. The number of aromatic nitrogens is 2. The zero-order chi connectivity index (χ0) is 23.4. The molecule has 1 aromatic carbocycles. The predicted octanol–water partition coefficient (Wildman–Crippen LogP) is 2.05. The lowest BCUT2D eigenvalue weighted by molar-refractivity contribution is 0.0887. The first-order valence-corrected chi connectivity index (χ1v) is 11.1. The highest BCUT2D eigenvalue weighted by Crippen LogP contribution is 2.19. The molecule has 0 saturated carbocycles. The maximum atomic E-state index is 13.2. The Bertz CT molecular complexity index is 1200. The van der Waals surface area contributed by atoms with E-state index in [0.29, 0.717) is 6.54 Å². The van der Waals surface area contributed by atoms with Gasteiger partial charge in [0.2, 0.25) is 0 Å². The summed E-state index contributed by atoms with van der Waals surface area (Å²) >= 11 is 1.67. The molecule has 0 radical (unpaired) electrons. The van der Waals surface area contributed by atoms with Crippen LogP contribution in [0.15, 0.2) is 51.4 Å². The highest BCUT2D eigenvalue weighted by atomic mass is 32.1. The first-order chi connectivity index (χ1) is 15.2. The van der Waals surface area contributed by atoms with Crippen LogP contribution in [0, 0.1) is 0 Å². The number of anilines is 1. The van der Waals surface area contributed by atoms with Crippen molar-refractivity contribution in [2.75, 3.05) is 19.4 Å². The Hall–Kier alpha value is -3.17. The summed E-state index contributed by atoms with van der Waals surface area (Å²) in [6.07, 6.45) is 0.766. The first-order valence-electron chi connectivity index (χ1n) is 10.2. The second-order valence-corrected chi connectivity index (χ2v) is 8.81. The van der Waals surface area contributed by atoms with E-state index in [1.165, 1.54) is 19.0 Å². The number of nitrogens with zero attached hydrogens (tertiary/aromatic N) is 3. The molecule has 8 nitrogen and oxygen atoms in total.